The zero-order valence-electron chi connectivity index (χ0n) is 31.0. The fraction of sp³-hybridized carbons (Fsp3) is 0.140. The van der Waals surface area contributed by atoms with E-state index in [1.165, 1.54) is 13.7 Å². The van der Waals surface area contributed by atoms with Crippen molar-refractivity contribution in [2.45, 2.75) is 39.8 Å². The van der Waals surface area contributed by atoms with Crippen LogP contribution in [0.1, 0.15) is 90.1 Å². The number of benzene rings is 2. The zero-order chi connectivity index (χ0) is 40.3. The second kappa shape index (κ2) is 14.3. The van der Waals surface area contributed by atoms with Crippen LogP contribution >= 0.6 is 15.9 Å². The van der Waals surface area contributed by atoms with E-state index in [0.717, 1.165) is 16.3 Å². The molecule has 0 N–H and O–H groups in total. The molecule has 0 fully saturated rings. The Bertz CT molecular complexity index is 2910. The Morgan fingerprint density at radius 1 is 0.509 bits per heavy atom. The molecule has 0 saturated carbocycles. The van der Waals surface area contributed by atoms with Crippen molar-refractivity contribution in [3.05, 3.63) is 180 Å². The van der Waals surface area contributed by atoms with Crippen molar-refractivity contribution >= 4 is 50.9 Å². The summed E-state index contributed by atoms with van der Waals surface area (Å²) >= 11 is 3.31. The van der Waals surface area contributed by atoms with Crippen LogP contribution in [-0.4, -0.2) is 57.2 Å². The van der Waals surface area contributed by atoms with Crippen LogP contribution in [-0.2, 0) is 0 Å². The quantitative estimate of drug-likeness (QED) is 0.176. The van der Waals surface area contributed by atoms with Crippen LogP contribution < -0.4 is 11.1 Å². The van der Waals surface area contributed by atoms with Gasteiger partial charge in [-0.3, -0.25) is 52.4 Å². The van der Waals surface area contributed by atoms with Crippen LogP contribution in [0.15, 0.2) is 123 Å². The third kappa shape index (κ3) is 5.96. The van der Waals surface area contributed by atoms with Gasteiger partial charge in [0.25, 0.3) is 34.7 Å². The summed E-state index contributed by atoms with van der Waals surface area (Å²) < 4.78 is 3.25. The van der Waals surface area contributed by atoms with Gasteiger partial charge in [-0.05, 0) is 104 Å². The number of imide groups is 2. The van der Waals surface area contributed by atoms with Crippen molar-refractivity contribution in [1.29, 1.82) is 0 Å². The Morgan fingerprint density at radius 3 is 1.39 bits per heavy atom. The number of carbonyl (C=O) groups excluding carboxylic acids is 4. The molecule has 7 aromatic rings. The van der Waals surface area contributed by atoms with Crippen molar-refractivity contribution in [3.8, 4) is 11.3 Å². The molecule has 57 heavy (non-hydrogen) atoms. The number of halogens is 1. The van der Waals surface area contributed by atoms with Gasteiger partial charge in [-0.1, -0.05) is 42.5 Å². The highest BCUT2D eigenvalue weighted by Gasteiger charge is 2.41. The largest absolute Gasteiger partial charge is 0.272 e. The Hall–Kier alpha value is -6.93. The lowest BCUT2D eigenvalue weighted by Gasteiger charge is -2.24. The number of rotatable bonds is 5. The van der Waals surface area contributed by atoms with Crippen LogP contribution in [0, 0.1) is 13.8 Å². The molecule has 5 aromatic heterocycles. The van der Waals surface area contributed by atoms with E-state index in [2.05, 4.69) is 25.9 Å². The van der Waals surface area contributed by atoms with E-state index in [-0.39, 0.29) is 33.0 Å². The van der Waals surface area contributed by atoms with Gasteiger partial charge >= 0.3 is 0 Å². The molecule has 0 spiro atoms. The lowest BCUT2D eigenvalue weighted by Crippen LogP contribution is -2.35. The molecular formula is C43H32BrN7O6. The van der Waals surface area contributed by atoms with Crippen LogP contribution in [0.4, 0.5) is 0 Å². The molecule has 13 nitrogen and oxygen atoms in total. The first-order valence-corrected chi connectivity index (χ1v) is 18.7. The molecule has 4 amide bonds. The van der Waals surface area contributed by atoms with Gasteiger partial charge < -0.3 is 0 Å². The maximum Gasteiger partial charge on any atom is 0.272 e. The summed E-state index contributed by atoms with van der Waals surface area (Å²) in [5.74, 6) is -1.55. The van der Waals surface area contributed by atoms with E-state index in [0.29, 0.717) is 50.6 Å². The summed E-state index contributed by atoms with van der Waals surface area (Å²) in [4.78, 5) is 93.8. The Kier molecular flexibility index (Phi) is 9.28. The molecule has 0 bridgehead atoms. The van der Waals surface area contributed by atoms with E-state index < -0.39 is 23.9 Å². The summed E-state index contributed by atoms with van der Waals surface area (Å²) in [7, 11) is 0. The Morgan fingerprint density at radius 2 is 0.930 bits per heavy atom. The van der Waals surface area contributed by atoms with Gasteiger partial charge in [0.2, 0.25) is 0 Å². The summed E-state index contributed by atoms with van der Waals surface area (Å²) in [6, 6.07) is 27.9. The number of fused-ring (bicyclic) bond motifs is 4. The highest BCUT2D eigenvalue weighted by atomic mass is 79.9. The summed E-state index contributed by atoms with van der Waals surface area (Å²) in [6.07, 6.45) is 1.60. The average molecular weight is 823 g/mol. The molecular weight excluding hydrogens is 790 g/mol. The first-order valence-electron chi connectivity index (χ1n) is 18.0. The molecule has 9 rings (SSSR count). The second-order valence-electron chi connectivity index (χ2n) is 13.6. The van der Waals surface area contributed by atoms with Gasteiger partial charge in [-0.25, -0.2) is 9.97 Å². The topological polar surface area (TPSA) is 156 Å². The zero-order valence-corrected chi connectivity index (χ0v) is 32.6. The minimum absolute atomic E-state index is 0.244. The smallest absolute Gasteiger partial charge is 0.269 e. The Labute approximate surface area is 333 Å². The third-order valence-electron chi connectivity index (χ3n) is 10.2. The molecule has 2 atom stereocenters. The monoisotopic (exact) mass is 821 g/mol. The number of carbonyl (C=O) groups is 4. The fourth-order valence-electron chi connectivity index (χ4n) is 7.38. The number of pyridine rings is 3. The van der Waals surface area contributed by atoms with Crippen molar-refractivity contribution in [3.63, 3.8) is 0 Å². The summed E-state index contributed by atoms with van der Waals surface area (Å²) in [5, 5.41) is 0. The maximum atomic E-state index is 13.6. The lowest BCUT2D eigenvalue weighted by molar-refractivity contribution is 0.0576. The second-order valence-corrected chi connectivity index (χ2v) is 14.4. The standard InChI is InChI=1S/C24H18N4O3.C19H14BrN3O3/c1-14-8-7-12-19-26-21(20(24(31)27(14)19)18-11-5-6-13-25-18)15(2)28-22(29)16-9-3-4-10-17(16)23(28)30;1-10-6-5-9-14-21-16(15(20)19(26)22(10)14)11(2)23-17(24)12-7-3-4-8-13(12)18(23)25/h3-13,15H,1-2H3;3-9,11H,1-2H3. The van der Waals surface area contributed by atoms with Gasteiger partial charge in [0, 0.05) is 17.6 Å². The van der Waals surface area contributed by atoms with Crippen molar-refractivity contribution in [2.75, 3.05) is 0 Å². The van der Waals surface area contributed by atoms with Gasteiger partial charge in [-0.15, -0.1) is 0 Å². The Balaban J connectivity index is 0.000000162. The van der Waals surface area contributed by atoms with Gasteiger partial charge in [0.05, 0.1) is 57.0 Å². The van der Waals surface area contributed by atoms with Gasteiger partial charge in [0.1, 0.15) is 15.8 Å². The first-order chi connectivity index (χ1) is 27.4. The van der Waals surface area contributed by atoms with Gasteiger partial charge in [-0.2, -0.15) is 0 Å². The van der Waals surface area contributed by atoms with E-state index in [1.54, 1.807) is 98.9 Å². The molecule has 2 aromatic carbocycles. The molecule has 2 aliphatic rings. The lowest BCUT2D eigenvalue weighted by atomic mass is 10.0. The molecule has 0 radical (unpaired) electrons. The van der Waals surface area contributed by atoms with Crippen LogP contribution in [0.3, 0.4) is 0 Å². The van der Waals surface area contributed by atoms with Crippen LogP contribution in [0.2, 0.25) is 0 Å². The number of hydrogen-bond acceptors (Lipinski definition) is 9. The normalized spacial score (nSPS) is 14.5. The van der Waals surface area contributed by atoms with E-state index >= 15 is 0 Å². The maximum absolute atomic E-state index is 13.6. The van der Waals surface area contributed by atoms with E-state index in [4.69, 9.17) is 4.98 Å². The number of hydrogen-bond donors (Lipinski definition) is 0. The highest BCUT2D eigenvalue weighted by molar-refractivity contribution is 9.10. The molecule has 282 valence electrons. The molecule has 2 aliphatic heterocycles. The highest BCUT2D eigenvalue weighted by Crippen LogP contribution is 2.35. The number of amides is 4. The number of nitrogens with zero attached hydrogens (tertiary/aromatic N) is 7. The van der Waals surface area contributed by atoms with Crippen molar-refractivity contribution < 1.29 is 19.2 Å². The minimum atomic E-state index is -0.761. The molecule has 0 saturated heterocycles. The number of aryl methyl sites for hydroxylation is 2. The fourth-order valence-corrected chi connectivity index (χ4v) is 7.98. The van der Waals surface area contributed by atoms with Crippen LogP contribution in [0.25, 0.3) is 22.6 Å². The van der Waals surface area contributed by atoms with E-state index in [9.17, 15) is 28.8 Å². The molecule has 2 unspecified atom stereocenters. The number of aromatic nitrogens is 5. The summed E-state index contributed by atoms with van der Waals surface area (Å²) in [5.41, 5.74) is 4.69. The predicted molar refractivity (Wildman–Crippen MR) is 214 cm³/mol. The van der Waals surface area contributed by atoms with Crippen LogP contribution in [0.5, 0.6) is 0 Å². The SMILES string of the molecule is Cc1cccc2nc(C(C)N3C(=O)c4ccccc4C3=O)c(-c3ccccn3)c(=O)n12.Cc1cccc2nc(C(C)N3C(=O)c4ccccc4C3=O)c(Br)c(=O)n12. The third-order valence-corrected chi connectivity index (χ3v) is 11.0. The molecule has 14 heteroatoms. The molecule has 7 heterocycles. The summed E-state index contributed by atoms with van der Waals surface area (Å²) in [6.45, 7) is 7.05. The van der Waals surface area contributed by atoms with Crippen molar-refractivity contribution in [2.24, 2.45) is 0 Å². The van der Waals surface area contributed by atoms with Crippen molar-refractivity contribution in [1.82, 2.24) is 33.6 Å². The van der Waals surface area contributed by atoms with Gasteiger partial charge in [0.15, 0.2) is 0 Å². The first kappa shape index (κ1) is 37.0. The minimum Gasteiger partial charge on any atom is -0.269 e. The van der Waals surface area contributed by atoms with E-state index in [1.807, 2.05) is 38.1 Å². The average Bonchev–Trinajstić information content (AvgIpc) is 3.62. The predicted octanol–water partition coefficient (Wildman–Crippen LogP) is 6.54. The molecule has 0 aliphatic carbocycles.